The first-order valence-electron chi connectivity index (χ1n) is 6.65. The molecular weight excluding hydrogens is 258 g/mol. The fourth-order valence-corrected chi connectivity index (χ4v) is 2.82. The highest BCUT2D eigenvalue weighted by Crippen LogP contribution is 2.31. The van der Waals surface area contributed by atoms with Crippen LogP contribution in [-0.2, 0) is 13.1 Å². The summed E-state index contributed by atoms with van der Waals surface area (Å²) < 4.78 is 27.0. The summed E-state index contributed by atoms with van der Waals surface area (Å²) in [6, 6.07) is 11.6. The second-order valence-electron chi connectivity index (χ2n) is 5.09. The summed E-state index contributed by atoms with van der Waals surface area (Å²) in [6.45, 7) is 1.79. The maximum Gasteiger partial charge on any atom is 0.130 e. The van der Waals surface area contributed by atoms with Crippen LogP contribution in [0.2, 0.25) is 0 Å². The van der Waals surface area contributed by atoms with Gasteiger partial charge in [-0.2, -0.15) is 0 Å². The SMILES string of the molecule is NCC(c1ccc(F)cc1F)N1Cc2ccccc2C1. The molecule has 0 fully saturated rings. The van der Waals surface area contributed by atoms with Crippen molar-refractivity contribution in [3.63, 3.8) is 0 Å². The van der Waals surface area contributed by atoms with Crippen molar-refractivity contribution < 1.29 is 8.78 Å². The Bertz CT molecular complexity index is 603. The maximum atomic E-state index is 13.9. The first kappa shape index (κ1) is 13.2. The zero-order valence-electron chi connectivity index (χ0n) is 11.0. The molecule has 1 atom stereocenters. The lowest BCUT2D eigenvalue weighted by Crippen LogP contribution is -2.30. The topological polar surface area (TPSA) is 29.3 Å². The van der Waals surface area contributed by atoms with Crippen molar-refractivity contribution in [3.8, 4) is 0 Å². The van der Waals surface area contributed by atoms with Gasteiger partial charge in [0.25, 0.3) is 0 Å². The molecule has 20 heavy (non-hydrogen) atoms. The van der Waals surface area contributed by atoms with Crippen LogP contribution in [0.4, 0.5) is 8.78 Å². The summed E-state index contributed by atoms with van der Waals surface area (Å²) in [5.74, 6) is -1.09. The molecule has 2 N–H and O–H groups in total. The molecule has 3 rings (SSSR count). The highest BCUT2D eigenvalue weighted by Gasteiger charge is 2.27. The van der Waals surface area contributed by atoms with E-state index in [9.17, 15) is 8.78 Å². The Morgan fingerprint density at radius 1 is 1.05 bits per heavy atom. The molecule has 2 aromatic carbocycles. The van der Waals surface area contributed by atoms with Gasteiger partial charge in [-0.1, -0.05) is 30.3 Å². The Morgan fingerprint density at radius 2 is 1.70 bits per heavy atom. The molecule has 1 aliphatic heterocycles. The Labute approximate surface area is 116 Å². The fourth-order valence-electron chi connectivity index (χ4n) is 2.82. The summed E-state index contributed by atoms with van der Waals surface area (Å²) in [6.07, 6.45) is 0. The van der Waals surface area contributed by atoms with Gasteiger partial charge in [-0.05, 0) is 17.2 Å². The molecule has 0 aliphatic carbocycles. The number of nitrogens with two attached hydrogens (primary N) is 1. The number of halogens is 2. The zero-order chi connectivity index (χ0) is 14.1. The molecule has 0 amide bonds. The third-order valence-corrected chi connectivity index (χ3v) is 3.85. The van der Waals surface area contributed by atoms with Gasteiger partial charge in [0.05, 0.1) is 6.04 Å². The smallest absolute Gasteiger partial charge is 0.130 e. The highest BCUT2D eigenvalue weighted by atomic mass is 19.1. The van der Waals surface area contributed by atoms with E-state index < -0.39 is 11.6 Å². The Balaban J connectivity index is 1.89. The molecular formula is C16H16F2N2. The first-order chi connectivity index (χ1) is 9.69. The van der Waals surface area contributed by atoms with E-state index in [-0.39, 0.29) is 6.04 Å². The van der Waals surface area contributed by atoms with E-state index in [1.165, 1.54) is 23.3 Å². The number of hydrogen-bond donors (Lipinski definition) is 1. The molecule has 2 nitrogen and oxygen atoms in total. The number of fused-ring (bicyclic) bond motifs is 1. The summed E-state index contributed by atoms with van der Waals surface area (Å²) >= 11 is 0. The van der Waals surface area contributed by atoms with Crippen LogP contribution in [0, 0.1) is 11.6 Å². The van der Waals surface area contributed by atoms with E-state index in [2.05, 4.69) is 17.0 Å². The lowest BCUT2D eigenvalue weighted by molar-refractivity contribution is 0.201. The normalized spacial score (nSPS) is 16.1. The van der Waals surface area contributed by atoms with Crippen molar-refractivity contribution in [1.29, 1.82) is 0 Å². The van der Waals surface area contributed by atoms with Crippen molar-refractivity contribution in [1.82, 2.24) is 4.90 Å². The lowest BCUT2D eigenvalue weighted by atomic mass is 10.0. The molecule has 0 aromatic heterocycles. The van der Waals surface area contributed by atoms with Gasteiger partial charge < -0.3 is 5.73 Å². The molecule has 0 radical (unpaired) electrons. The van der Waals surface area contributed by atoms with Gasteiger partial charge in [0.2, 0.25) is 0 Å². The van der Waals surface area contributed by atoms with E-state index in [4.69, 9.17) is 5.73 Å². The number of hydrogen-bond acceptors (Lipinski definition) is 2. The second-order valence-corrected chi connectivity index (χ2v) is 5.09. The van der Waals surface area contributed by atoms with Crippen LogP contribution in [0.5, 0.6) is 0 Å². The van der Waals surface area contributed by atoms with E-state index in [1.54, 1.807) is 0 Å². The van der Waals surface area contributed by atoms with Crippen LogP contribution in [0.25, 0.3) is 0 Å². The predicted octanol–water partition coefficient (Wildman–Crippen LogP) is 2.98. The van der Waals surface area contributed by atoms with Gasteiger partial charge in [0.1, 0.15) is 11.6 Å². The van der Waals surface area contributed by atoms with Gasteiger partial charge in [-0.15, -0.1) is 0 Å². The van der Waals surface area contributed by atoms with Gasteiger partial charge in [0, 0.05) is 31.3 Å². The highest BCUT2D eigenvalue weighted by molar-refractivity contribution is 5.32. The molecule has 4 heteroatoms. The van der Waals surface area contributed by atoms with Gasteiger partial charge >= 0.3 is 0 Å². The monoisotopic (exact) mass is 274 g/mol. The first-order valence-corrected chi connectivity index (χ1v) is 6.65. The van der Waals surface area contributed by atoms with Crippen molar-refractivity contribution in [2.75, 3.05) is 6.54 Å². The number of nitrogens with zero attached hydrogens (tertiary/aromatic N) is 1. The largest absolute Gasteiger partial charge is 0.329 e. The maximum absolute atomic E-state index is 13.9. The zero-order valence-corrected chi connectivity index (χ0v) is 11.0. The van der Waals surface area contributed by atoms with Crippen molar-refractivity contribution in [2.45, 2.75) is 19.1 Å². The van der Waals surface area contributed by atoms with Gasteiger partial charge in [-0.3, -0.25) is 4.90 Å². The van der Waals surface area contributed by atoms with E-state index in [0.29, 0.717) is 12.1 Å². The van der Waals surface area contributed by atoms with Crippen LogP contribution in [0.1, 0.15) is 22.7 Å². The van der Waals surface area contributed by atoms with E-state index >= 15 is 0 Å². The summed E-state index contributed by atoms with van der Waals surface area (Å²) in [7, 11) is 0. The van der Waals surface area contributed by atoms with Gasteiger partial charge in [0.15, 0.2) is 0 Å². The van der Waals surface area contributed by atoms with Crippen LogP contribution in [0.3, 0.4) is 0 Å². The van der Waals surface area contributed by atoms with Crippen molar-refractivity contribution in [3.05, 3.63) is 70.8 Å². The quantitative estimate of drug-likeness (QED) is 0.932. The lowest BCUT2D eigenvalue weighted by Gasteiger charge is -2.27. The van der Waals surface area contributed by atoms with E-state index in [1.807, 2.05) is 12.1 Å². The van der Waals surface area contributed by atoms with Crippen LogP contribution in [0.15, 0.2) is 42.5 Å². The Hall–Kier alpha value is -1.78. The summed E-state index contributed by atoms with van der Waals surface area (Å²) in [5.41, 5.74) is 8.77. The molecule has 2 aromatic rings. The standard InChI is InChI=1S/C16H16F2N2/c17-13-5-6-14(15(18)7-13)16(8-19)20-9-11-3-1-2-4-12(11)10-20/h1-7,16H,8-10,19H2. The molecule has 1 heterocycles. The van der Waals surface area contributed by atoms with Crippen LogP contribution >= 0.6 is 0 Å². The second kappa shape index (κ2) is 5.31. The Morgan fingerprint density at radius 3 is 2.25 bits per heavy atom. The molecule has 0 bridgehead atoms. The molecule has 1 unspecified atom stereocenters. The van der Waals surface area contributed by atoms with E-state index in [0.717, 1.165) is 19.2 Å². The minimum Gasteiger partial charge on any atom is -0.329 e. The van der Waals surface area contributed by atoms with Crippen molar-refractivity contribution >= 4 is 0 Å². The Kier molecular flexibility index (Phi) is 3.51. The minimum atomic E-state index is -0.563. The van der Waals surface area contributed by atoms with Crippen LogP contribution < -0.4 is 5.73 Å². The third kappa shape index (κ3) is 2.32. The third-order valence-electron chi connectivity index (χ3n) is 3.85. The van der Waals surface area contributed by atoms with Crippen molar-refractivity contribution in [2.24, 2.45) is 5.73 Å². The molecule has 0 spiro atoms. The molecule has 104 valence electrons. The van der Waals surface area contributed by atoms with Gasteiger partial charge in [-0.25, -0.2) is 8.78 Å². The number of benzene rings is 2. The minimum absolute atomic E-state index is 0.233. The summed E-state index contributed by atoms with van der Waals surface area (Å²) in [5, 5.41) is 0. The molecule has 1 aliphatic rings. The fraction of sp³-hybridized carbons (Fsp3) is 0.250. The molecule has 0 saturated heterocycles. The molecule has 0 saturated carbocycles. The summed E-state index contributed by atoms with van der Waals surface area (Å²) in [4.78, 5) is 2.13. The average molecular weight is 274 g/mol. The number of rotatable bonds is 3. The van der Waals surface area contributed by atoms with Crippen LogP contribution in [-0.4, -0.2) is 11.4 Å². The predicted molar refractivity (Wildman–Crippen MR) is 73.8 cm³/mol. The average Bonchev–Trinajstić information content (AvgIpc) is 2.85.